The van der Waals surface area contributed by atoms with Crippen LogP contribution in [0, 0.1) is 13.8 Å². The number of hydrogen-bond acceptors (Lipinski definition) is 4. The van der Waals surface area contributed by atoms with Crippen LogP contribution in [0.25, 0.3) is 0 Å². The normalized spacial score (nSPS) is 11.7. The number of rotatable bonds is 7. The van der Waals surface area contributed by atoms with Gasteiger partial charge in [0.05, 0.1) is 4.90 Å². The maximum absolute atomic E-state index is 12.2. The zero-order valence-electron chi connectivity index (χ0n) is 12.1. The van der Waals surface area contributed by atoms with Crippen LogP contribution in [0.2, 0.25) is 0 Å². The average molecular weight is 342 g/mol. The highest BCUT2D eigenvalue weighted by Gasteiger charge is 2.18. The third-order valence-corrected chi connectivity index (χ3v) is 6.69. The summed E-state index contributed by atoms with van der Waals surface area (Å²) >= 11 is 3.26. The molecule has 1 heterocycles. The van der Waals surface area contributed by atoms with Gasteiger partial charge in [-0.2, -0.15) is 0 Å². The van der Waals surface area contributed by atoms with Crippen molar-refractivity contribution in [2.24, 2.45) is 0 Å². The van der Waals surface area contributed by atoms with Gasteiger partial charge in [0.25, 0.3) is 0 Å². The average Bonchev–Trinajstić information content (AvgIpc) is 2.79. The molecule has 0 amide bonds. The van der Waals surface area contributed by atoms with Crippen LogP contribution >= 0.6 is 23.1 Å². The van der Waals surface area contributed by atoms with Crippen molar-refractivity contribution < 1.29 is 8.42 Å². The van der Waals surface area contributed by atoms with Gasteiger partial charge in [0.15, 0.2) is 0 Å². The zero-order chi connectivity index (χ0) is 15.3. The molecule has 21 heavy (non-hydrogen) atoms. The Kier molecular flexibility index (Phi) is 5.87. The summed E-state index contributed by atoms with van der Waals surface area (Å²) < 4.78 is 27.1. The maximum atomic E-state index is 12.2. The summed E-state index contributed by atoms with van der Waals surface area (Å²) in [5.41, 5.74) is 0. The van der Waals surface area contributed by atoms with Crippen molar-refractivity contribution in [3.63, 3.8) is 0 Å². The van der Waals surface area contributed by atoms with E-state index in [1.54, 1.807) is 17.8 Å². The van der Waals surface area contributed by atoms with Crippen LogP contribution in [0.4, 0.5) is 0 Å². The fourth-order valence-corrected chi connectivity index (χ4v) is 5.44. The number of sulfonamides is 1. The molecular weight excluding hydrogens is 322 g/mol. The van der Waals surface area contributed by atoms with Crippen molar-refractivity contribution in [3.8, 4) is 0 Å². The molecule has 0 bridgehead atoms. The van der Waals surface area contributed by atoms with Gasteiger partial charge in [-0.15, -0.1) is 23.1 Å². The second kappa shape index (κ2) is 7.45. The molecule has 0 spiro atoms. The quantitative estimate of drug-likeness (QED) is 0.615. The molecule has 0 saturated heterocycles. The van der Waals surface area contributed by atoms with E-state index in [9.17, 15) is 8.42 Å². The molecule has 1 aromatic carbocycles. The molecule has 1 N–H and O–H groups in total. The van der Waals surface area contributed by atoms with Crippen molar-refractivity contribution in [3.05, 3.63) is 46.2 Å². The highest BCUT2D eigenvalue weighted by Crippen LogP contribution is 2.24. The Bertz CT molecular complexity index is 678. The molecule has 114 valence electrons. The Hall–Kier alpha value is -0.820. The minimum Gasteiger partial charge on any atom is -0.211 e. The molecule has 0 aliphatic carbocycles. The lowest BCUT2D eigenvalue weighted by Crippen LogP contribution is -2.25. The van der Waals surface area contributed by atoms with E-state index < -0.39 is 10.0 Å². The first-order chi connectivity index (χ1) is 9.99. The van der Waals surface area contributed by atoms with E-state index in [2.05, 4.69) is 16.9 Å². The summed E-state index contributed by atoms with van der Waals surface area (Å²) in [5.74, 6) is 0.897. The Labute approximate surface area is 134 Å². The standard InChI is InChI=1S/C15H19NO2S3/c1-12-11-15(13(2)20-12)21(17,18)16-9-6-10-19-14-7-4-3-5-8-14/h3-5,7-8,11,16H,6,9-10H2,1-2H3. The Morgan fingerprint density at radius 3 is 2.52 bits per heavy atom. The summed E-state index contributed by atoms with van der Waals surface area (Å²) in [4.78, 5) is 3.50. The molecule has 1 aromatic heterocycles. The van der Waals surface area contributed by atoms with E-state index >= 15 is 0 Å². The predicted octanol–water partition coefficient (Wildman–Crippen LogP) is 3.83. The molecule has 0 fully saturated rings. The van der Waals surface area contributed by atoms with Crippen LogP contribution in [-0.4, -0.2) is 20.7 Å². The third-order valence-electron chi connectivity index (χ3n) is 2.91. The van der Waals surface area contributed by atoms with E-state index in [0.29, 0.717) is 11.4 Å². The first-order valence-electron chi connectivity index (χ1n) is 6.73. The monoisotopic (exact) mass is 341 g/mol. The van der Waals surface area contributed by atoms with E-state index in [0.717, 1.165) is 21.9 Å². The van der Waals surface area contributed by atoms with Crippen molar-refractivity contribution in [1.29, 1.82) is 0 Å². The van der Waals surface area contributed by atoms with Crippen LogP contribution in [0.1, 0.15) is 16.2 Å². The van der Waals surface area contributed by atoms with E-state index in [-0.39, 0.29) is 0 Å². The van der Waals surface area contributed by atoms with Gasteiger partial charge in [-0.05, 0) is 44.2 Å². The first-order valence-corrected chi connectivity index (χ1v) is 10.0. The molecule has 0 atom stereocenters. The van der Waals surface area contributed by atoms with Gasteiger partial charge in [0.2, 0.25) is 10.0 Å². The number of thioether (sulfide) groups is 1. The summed E-state index contributed by atoms with van der Waals surface area (Å²) in [6.07, 6.45) is 0.807. The predicted molar refractivity (Wildman–Crippen MR) is 90.8 cm³/mol. The van der Waals surface area contributed by atoms with Gasteiger partial charge < -0.3 is 0 Å². The molecule has 2 rings (SSSR count). The van der Waals surface area contributed by atoms with Crippen LogP contribution in [-0.2, 0) is 10.0 Å². The van der Waals surface area contributed by atoms with Gasteiger partial charge in [0.1, 0.15) is 0 Å². The van der Waals surface area contributed by atoms with Crippen molar-refractivity contribution in [2.75, 3.05) is 12.3 Å². The fourth-order valence-electron chi connectivity index (χ4n) is 1.94. The van der Waals surface area contributed by atoms with Crippen LogP contribution in [0.5, 0.6) is 0 Å². The van der Waals surface area contributed by atoms with Crippen LogP contribution in [0.15, 0.2) is 46.2 Å². The largest absolute Gasteiger partial charge is 0.241 e. The lowest BCUT2D eigenvalue weighted by Gasteiger charge is -2.06. The number of aryl methyl sites for hydroxylation is 2. The van der Waals surface area contributed by atoms with Gasteiger partial charge >= 0.3 is 0 Å². The molecule has 0 unspecified atom stereocenters. The molecule has 0 radical (unpaired) electrons. The van der Waals surface area contributed by atoms with Crippen molar-refractivity contribution >= 4 is 33.1 Å². The van der Waals surface area contributed by atoms with Gasteiger partial charge in [0, 0.05) is 21.2 Å². The SMILES string of the molecule is Cc1cc(S(=O)(=O)NCCCSc2ccccc2)c(C)s1. The van der Waals surface area contributed by atoms with Crippen LogP contribution < -0.4 is 4.72 Å². The zero-order valence-corrected chi connectivity index (χ0v) is 14.6. The molecule has 3 nitrogen and oxygen atoms in total. The molecule has 6 heteroatoms. The van der Waals surface area contributed by atoms with E-state index in [1.807, 2.05) is 32.0 Å². The Morgan fingerprint density at radius 1 is 1.19 bits per heavy atom. The minimum atomic E-state index is -3.36. The second-order valence-corrected chi connectivity index (χ2v) is 9.05. The lowest BCUT2D eigenvalue weighted by atomic mass is 10.4. The minimum absolute atomic E-state index is 0.417. The van der Waals surface area contributed by atoms with E-state index in [1.165, 1.54) is 16.2 Å². The van der Waals surface area contributed by atoms with Gasteiger partial charge in [-0.1, -0.05) is 18.2 Å². The van der Waals surface area contributed by atoms with E-state index in [4.69, 9.17) is 0 Å². The molecule has 0 aliphatic rings. The van der Waals surface area contributed by atoms with Crippen LogP contribution in [0.3, 0.4) is 0 Å². The maximum Gasteiger partial charge on any atom is 0.241 e. The summed E-state index contributed by atoms with van der Waals surface area (Å²) in [7, 11) is -3.36. The lowest BCUT2D eigenvalue weighted by molar-refractivity contribution is 0.581. The number of nitrogens with one attached hydrogen (secondary N) is 1. The van der Waals surface area contributed by atoms with Gasteiger partial charge in [-0.25, -0.2) is 13.1 Å². The number of hydrogen-bond donors (Lipinski definition) is 1. The smallest absolute Gasteiger partial charge is 0.211 e. The summed E-state index contributed by atoms with van der Waals surface area (Å²) in [5, 5.41) is 0. The Balaban J connectivity index is 1.79. The highest BCUT2D eigenvalue weighted by atomic mass is 32.2. The summed E-state index contributed by atoms with van der Waals surface area (Å²) in [6, 6.07) is 11.9. The van der Waals surface area contributed by atoms with Gasteiger partial charge in [-0.3, -0.25) is 0 Å². The summed E-state index contributed by atoms with van der Waals surface area (Å²) in [6.45, 7) is 4.24. The Morgan fingerprint density at radius 2 is 1.90 bits per heavy atom. The molecule has 0 saturated carbocycles. The molecule has 2 aromatic rings. The molecule has 0 aliphatic heterocycles. The first kappa shape index (κ1) is 16.5. The topological polar surface area (TPSA) is 46.2 Å². The van der Waals surface area contributed by atoms with Crippen molar-refractivity contribution in [1.82, 2.24) is 4.72 Å². The highest BCUT2D eigenvalue weighted by molar-refractivity contribution is 7.99. The molecular formula is C15H19NO2S3. The fraction of sp³-hybridized carbons (Fsp3) is 0.333. The van der Waals surface area contributed by atoms with Crippen molar-refractivity contribution in [2.45, 2.75) is 30.1 Å². The third kappa shape index (κ3) is 4.85. The number of thiophene rings is 1. The second-order valence-electron chi connectivity index (χ2n) is 4.69. The number of benzene rings is 1.